The van der Waals surface area contributed by atoms with Crippen LogP contribution >= 0.6 is 15.9 Å². The molecule has 3 atom stereocenters. The number of nitrogens with zero attached hydrogens (tertiary/aromatic N) is 7. The topological polar surface area (TPSA) is 372 Å². The third kappa shape index (κ3) is 56.0. The molecule has 4 aliphatic rings. The van der Waals surface area contributed by atoms with Gasteiger partial charge < -0.3 is 61.6 Å². The zero-order valence-electron chi connectivity index (χ0n) is 93.9. The minimum atomic E-state index is -0.906. The molecule has 1 fully saturated rings. The van der Waals surface area contributed by atoms with Crippen molar-refractivity contribution in [2.75, 3.05) is 33.0 Å². The smallest absolute Gasteiger partial charge is 0.333 e. The first-order valence-corrected chi connectivity index (χ1v) is 52.1. The lowest BCUT2D eigenvalue weighted by Crippen LogP contribution is -2.56. The third-order valence-corrected chi connectivity index (χ3v) is 20.7. The van der Waals surface area contributed by atoms with Crippen molar-refractivity contribution in [3.63, 3.8) is 0 Å². The average Bonchev–Trinajstić information content (AvgIpc) is 1.57. The molecule has 32 heteroatoms. The number of imide groups is 1. The molecule has 2 amide bonds. The summed E-state index contributed by atoms with van der Waals surface area (Å²) in [6, 6.07) is 34.4. The van der Waals surface area contributed by atoms with Crippen LogP contribution in [-0.2, 0) is 147 Å². The van der Waals surface area contributed by atoms with Crippen LogP contribution in [0.1, 0.15) is 323 Å². The second-order valence-electron chi connectivity index (χ2n) is 39.0. The Morgan fingerprint density at radius 1 is 0.503 bits per heavy atom. The number of hydrogen-bond donors (Lipinski definition) is 0. The number of esters is 9. The number of amides is 2. The Morgan fingerprint density at radius 3 is 1.27 bits per heavy atom. The van der Waals surface area contributed by atoms with Crippen LogP contribution in [0.4, 0.5) is 0 Å². The fraction of sp³-hybridized carbons (Fsp3) is 0.591. The number of unbranched alkanes of at least 4 members (excludes halogenated alkanes) is 5. The summed E-state index contributed by atoms with van der Waals surface area (Å²) >= 11 is 3.09. The SMILES string of the molecule is C#CCOC(C)C.C=C(C)C(=O)OC(C)C.C=CC(=O)OC(C)C.CC(C)OC(=O)C(C)(C)C.CC(C)OC(=O)C(C)Br.CC(C)OCC(=O)OCc1c2ccccc2cc2ccccc12.CC(C)OCc1cn(C)nn1.CCCCCC(=O)OC(C)C.CCCCCC(=O)OC(C)C.CCN1C(=O)C2C3c4ccccc4C(COC(=O)COC(C)C)(c4ccccc43)C2C1=O.Cc1cn(CCCCC(=O)OC(C)C)nn1. The fourth-order valence-electron chi connectivity index (χ4n) is 14.0. The van der Waals surface area contributed by atoms with Crippen LogP contribution in [0.2, 0.25) is 0 Å². The van der Waals surface area contributed by atoms with Gasteiger partial charge in [-0.25, -0.2) is 19.2 Å². The molecule has 3 unspecified atom stereocenters. The van der Waals surface area contributed by atoms with E-state index in [1.54, 1.807) is 50.9 Å². The summed E-state index contributed by atoms with van der Waals surface area (Å²) in [6.45, 7) is 66.9. The summed E-state index contributed by atoms with van der Waals surface area (Å²) in [5, 5.41) is 20.0. The quantitative estimate of drug-likeness (QED) is 0.00505. The number of carbonyl (C=O) groups excluding carboxylic acids is 11. The molecule has 0 spiro atoms. The van der Waals surface area contributed by atoms with Gasteiger partial charge >= 0.3 is 53.7 Å². The second kappa shape index (κ2) is 73.7. The van der Waals surface area contributed by atoms with Gasteiger partial charge in [-0.05, 0) is 276 Å². The molecule has 1 saturated heterocycles. The average molecular weight is 2120 g/mol. The fourth-order valence-corrected chi connectivity index (χ4v) is 14.1. The van der Waals surface area contributed by atoms with E-state index in [2.05, 4.69) is 105 Å². The number of hydrogen-bond acceptors (Lipinski definition) is 28. The van der Waals surface area contributed by atoms with Gasteiger partial charge in [-0.3, -0.25) is 47.8 Å². The number of ether oxygens (including phenoxy) is 13. The predicted molar refractivity (Wildman–Crippen MR) is 578 cm³/mol. The maximum absolute atomic E-state index is 13.6. The van der Waals surface area contributed by atoms with E-state index in [4.69, 9.17) is 63.3 Å². The zero-order chi connectivity index (χ0) is 112. The third-order valence-electron chi connectivity index (χ3n) is 20.3. The molecular formula is C115H174BrN7O24. The van der Waals surface area contributed by atoms with E-state index in [1.165, 1.54) is 4.90 Å². The maximum atomic E-state index is 13.6. The van der Waals surface area contributed by atoms with Crippen molar-refractivity contribution < 1.29 is 114 Å². The Labute approximate surface area is 884 Å². The molecule has 2 bridgehead atoms. The van der Waals surface area contributed by atoms with Crippen molar-refractivity contribution >= 4 is 103 Å². The molecule has 0 N–H and O–H groups in total. The highest BCUT2D eigenvalue weighted by molar-refractivity contribution is 9.10. The predicted octanol–water partition coefficient (Wildman–Crippen LogP) is 22.4. The summed E-state index contributed by atoms with van der Waals surface area (Å²) in [5.41, 5.74) is 6.03. The van der Waals surface area contributed by atoms with Crippen molar-refractivity contribution in [2.24, 2.45) is 24.3 Å². The first kappa shape index (κ1) is 136. The highest BCUT2D eigenvalue weighted by Gasteiger charge is 2.68. The first-order chi connectivity index (χ1) is 69.0. The Kier molecular flexibility index (Phi) is 68.0. The van der Waals surface area contributed by atoms with Crippen LogP contribution in [0.5, 0.6) is 0 Å². The van der Waals surface area contributed by atoms with E-state index in [0.29, 0.717) is 44.6 Å². The molecule has 5 aromatic carbocycles. The van der Waals surface area contributed by atoms with Crippen LogP contribution in [0.25, 0.3) is 21.5 Å². The molecule has 3 aliphatic carbocycles. The van der Waals surface area contributed by atoms with Crippen LogP contribution in [-0.4, -0.2) is 205 Å². The van der Waals surface area contributed by atoms with Crippen molar-refractivity contribution in [1.29, 1.82) is 0 Å². The molecule has 0 saturated carbocycles. The van der Waals surface area contributed by atoms with E-state index in [1.807, 2.05) is 251 Å². The number of fused-ring (bicyclic) bond motifs is 2. The monoisotopic (exact) mass is 2120 g/mol. The highest BCUT2D eigenvalue weighted by Crippen LogP contribution is 2.64. The first-order valence-electron chi connectivity index (χ1n) is 51.2. The number of terminal acetylenes is 1. The molecular weight excluding hydrogens is 1940 g/mol. The molecule has 2 aromatic heterocycles. The number of benzene rings is 5. The van der Waals surface area contributed by atoms with E-state index in [9.17, 15) is 52.7 Å². The van der Waals surface area contributed by atoms with Gasteiger partial charge in [0.25, 0.3) is 0 Å². The van der Waals surface area contributed by atoms with Gasteiger partial charge in [0.15, 0.2) is 0 Å². The number of likely N-dealkylation sites (tertiary alicyclic amines) is 1. The molecule has 0 radical (unpaired) electrons. The molecule has 147 heavy (non-hydrogen) atoms. The number of carbonyl (C=O) groups is 11. The number of alkyl halides is 1. The standard InChI is InChI=1S/C26H27NO5.C20H20O3.C11H19N3O2.2C9H18O2.C8H16O2.C7H13N3O.C7H12O2.C6H11BrO2.C6H10O2.C6H10O/c1-4-27-24(29)22-21-16-9-5-7-11-18(16)26(23(22)25(27)30,19-12-8-6-10-17(19)21)14-32-20(28)13-31-15(2)3;1-14(2)22-13-20(21)23-12-19-17-9-5-3-7-15(17)11-16-8-4-6-10-18(16)19;1-9(2)16-11(15)6-4-5-7-14-8-10(3)12-13-14;2*1-4-5-6-7-9(10)11-8(2)3;1-6(2)10-7(9)8(3,4)5;1-6(2)11-5-7-4-10(3)9-8-7;1-5(2)7(8)9-6(3)4;1-4(2)9-6(8)5(3)7;1-4-6(7)8-5(2)3;1-4-5-7-6(2)3/h5-12,15,21-23H,4,13-14H2,1-3H3;3-11,14H,12-13H2,1-2H3;8-9H,4-7H2,1-3H3;2*8H,4-7H2,1-3H3;6H,1-5H3;4,6H,5H2,1-3H3;6H,1H2,2-4H3;4-5H,1-3H3;4-5H,1H2,2-3H3;1,6H,5H2,2-3H3. The van der Waals surface area contributed by atoms with Gasteiger partial charge in [-0.1, -0.05) is 182 Å². The normalized spacial score (nSPS) is 14.3. The van der Waals surface area contributed by atoms with Gasteiger partial charge in [0, 0.05) is 68.7 Å². The number of aromatic nitrogens is 6. The van der Waals surface area contributed by atoms with E-state index in [0.717, 1.165) is 125 Å². The van der Waals surface area contributed by atoms with Crippen LogP contribution in [0.3, 0.4) is 0 Å². The minimum absolute atomic E-state index is 0.00766. The molecule has 1 aliphatic heterocycles. The lowest BCUT2D eigenvalue weighted by atomic mass is 9.47. The van der Waals surface area contributed by atoms with Crippen LogP contribution in [0, 0.1) is 36.5 Å². The lowest BCUT2D eigenvalue weighted by molar-refractivity contribution is -0.157. The second-order valence-corrected chi connectivity index (χ2v) is 40.4. The van der Waals surface area contributed by atoms with Crippen LogP contribution in [0.15, 0.2) is 140 Å². The molecule has 820 valence electrons. The maximum Gasteiger partial charge on any atom is 0.333 e. The summed E-state index contributed by atoms with van der Waals surface area (Å²) in [6.07, 6.45) is 20.0. The number of aryl methyl sites for hydroxylation is 3. The molecule has 11 rings (SSSR count). The van der Waals surface area contributed by atoms with Gasteiger partial charge in [0.1, 0.15) is 43.6 Å². The Morgan fingerprint density at radius 2 is 0.932 bits per heavy atom. The Bertz CT molecular complexity index is 5000. The van der Waals surface area contributed by atoms with E-state index >= 15 is 0 Å². The molecule has 31 nitrogen and oxygen atoms in total. The van der Waals surface area contributed by atoms with Crippen molar-refractivity contribution in [1.82, 2.24) is 34.9 Å². The number of rotatable bonds is 39. The van der Waals surface area contributed by atoms with E-state index < -0.39 is 23.2 Å². The van der Waals surface area contributed by atoms with E-state index in [-0.39, 0.29) is 169 Å². The highest BCUT2D eigenvalue weighted by atomic mass is 79.9. The van der Waals surface area contributed by atoms with Gasteiger partial charge in [-0.15, -0.1) is 16.6 Å². The largest absolute Gasteiger partial charge is 0.463 e. The van der Waals surface area contributed by atoms with Gasteiger partial charge in [-0.2, -0.15) is 0 Å². The van der Waals surface area contributed by atoms with Gasteiger partial charge in [0.05, 0.1) is 108 Å². The lowest BCUT2D eigenvalue weighted by Gasteiger charge is -2.53. The van der Waals surface area contributed by atoms with Crippen molar-refractivity contribution in [2.45, 2.75) is 388 Å². The summed E-state index contributed by atoms with van der Waals surface area (Å²) in [5.74, 6) is -1.26. The number of halogens is 1. The van der Waals surface area contributed by atoms with Gasteiger partial charge in [0.2, 0.25) is 11.8 Å². The summed E-state index contributed by atoms with van der Waals surface area (Å²) in [4.78, 5) is 128. The molecule has 3 heterocycles. The molecule has 7 aromatic rings. The summed E-state index contributed by atoms with van der Waals surface area (Å²) in [7, 11) is 1.84. The zero-order valence-corrected chi connectivity index (χ0v) is 95.5. The summed E-state index contributed by atoms with van der Waals surface area (Å²) < 4.78 is 69.8. The van der Waals surface area contributed by atoms with Crippen molar-refractivity contribution in [3.05, 3.63) is 180 Å². The Balaban J connectivity index is 0.00000166. The minimum Gasteiger partial charge on any atom is -0.463 e. The van der Waals surface area contributed by atoms with Crippen molar-refractivity contribution in [3.8, 4) is 12.3 Å². The Hall–Kier alpha value is -11.4. The van der Waals surface area contributed by atoms with Crippen LogP contribution < -0.4 is 0 Å².